The molecule has 0 aliphatic carbocycles. The lowest BCUT2D eigenvalue weighted by molar-refractivity contribution is 0.576. The zero-order chi connectivity index (χ0) is 13.0. The van der Waals surface area contributed by atoms with Gasteiger partial charge in [-0.25, -0.2) is 13.1 Å². The molecule has 2 rings (SSSR count). The van der Waals surface area contributed by atoms with Crippen molar-refractivity contribution in [1.29, 1.82) is 0 Å². The Bertz CT molecular complexity index is 558. The number of benzene rings is 1. The molecule has 5 heteroatoms. The monoisotopic (exact) mass is 262 g/mol. The molecule has 1 aromatic heterocycles. The molecule has 1 heterocycles. The van der Waals surface area contributed by atoms with E-state index in [-0.39, 0.29) is 0 Å². The van der Waals surface area contributed by atoms with Crippen LogP contribution < -0.4 is 4.72 Å². The fraction of sp³-hybridized carbons (Fsp3) is 0.154. The number of hydrogen-bond acceptors (Lipinski definition) is 3. The Labute approximate surface area is 107 Å². The Morgan fingerprint density at radius 3 is 2.28 bits per heavy atom. The van der Waals surface area contributed by atoms with Crippen molar-refractivity contribution >= 4 is 10.0 Å². The number of sulfonamides is 1. The van der Waals surface area contributed by atoms with Crippen molar-refractivity contribution in [3.8, 4) is 0 Å². The number of hydrogen-bond donors (Lipinski definition) is 1. The molecule has 0 aliphatic rings. The summed E-state index contributed by atoms with van der Waals surface area (Å²) in [6.07, 6.45) is 2.79. The number of pyridine rings is 1. The lowest BCUT2D eigenvalue weighted by Crippen LogP contribution is -2.28. The van der Waals surface area contributed by atoms with E-state index in [1.165, 1.54) is 0 Å². The average Bonchev–Trinajstić information content (AvgIpc) is 2.37. The van der Waals surface area contributed by atoms with E-state index in [0.29, 0.717) is 5.69 Å². The molecule has 2 aromatic rings. The van der Waals surface area contributed by atoms with Crippen LogP contribution in [0.15, 0.2) is 54.7 Å². The first-order valence-electron chi connectivity index (χ1n) is 5.49. The van der Waals surface area contributed by atoms with Gasteiger partial charge in [0.2, 0.25) is 10.0 Å². The van der Waals surface area contributed by atoms with Crippen LogP contribution in [0.1, 0.15) is 17.3 Å². The summed E-state index contributed by atoms with van der Waals surface area (Å²) in [5, 5.41) is 0. The van der Waals surface area contributed by atoms with E-state index in [0.717, 1.165) is 11.8 Å². The molecule has 0 spiro atoms. The lowest BCUT2D eigenvalue weighted by atomic mass is 10.0. The Balaban J connectivity index is 2.42. The summed E-state index contributed by atoms with van der Waals surface area (Å²) >= 11 is 0. The summed E-state index contributed by atoms with van der Waals surface area (Å²) < 4.78 is 25.5. The Kier molecular flexibility index (Phi) is 3.74. The molecule has 0 saturated heterocycles. The molecule has 18 heavy (non-hydrogen) atoms. The SMILES string of the molecule is CS(=O)(=O)N[C@H](c1ccccc1)c1ccccn1. The van der Waals surface area contributed by atoms with Crippen LogP contribution in [0.4, 0.5) is 0 Å². The Morgan fingerprint density at radius 1 is 1.06 bits per heavy atom. The van der Waals surface area contributed by atoms with Crippen LogP contribution in [-0.4, -0.2) is 19.7 Å². The summed E-state index contributed by atoms with van der Waals surface area (Å²) in [7, 11) is -3.31. The van der Waals surface area contributed by atoms with E-state index in [1.807, 2.05) is 36.4 Å². The van der Waals surface area contributed by atoms with Crippen molar-refractivity contribution in [2.45, 2.75) is 6.04 Å². The zero-order valence-corrected chi connectivity index (χ0v) is 10.8. The molecule has 1 atom stereocenters. The largest absolute Gasteiger partial charge is 0.259 e. The first-order valence-corrected chi connectivity index (χ1v) is 7.38. The highest BCUT2D eigenvalue weighted by Crippen LogP contribution is 2.20. The summed E-state index contributed by atoms with van der Waals surface area (Å²) in [4.78, 5) is 4.21. The predicted octanol–water partition coefficient (Wildman–Crippen LogP) is 1.72. The van der Waals surface area contributed by atoms with E-state index < -0.39 is 16.1 Å². The lowest BCUT2D eigenvalue weighted by Gasteiger charge is -2.17. The van der Waals surface area contributed by atoms with Gasteiger partial charge in [0.25, 0.3) is 0 Å². The van der Waals surface area contributed by atoms with E-state index in [1.54, 1.807) is 18.3 Å². The fourth-order valence-corrected chi connectivity index (χ4v) is 2.39. The maximum Gasteiger partial charge on any atom is 0.209 e. The molecule has 1 aromatic carbocycles. The van der Waals surface area contributed by atoms with Crippen molar-refractivity contribution in [2.75, 3.05) is 6.26 Å². The first kappa shape index (κ1) is 12.7. The van der Waals surface area contributed by atoms with Crippen LogP contribution in [0.3, 0.4) is 0 Å². The van der Waals surface area contributed by atoms with Crippen LogP contribution >= 0.6 is 0 Å². The van der Waals surface area contributed by atoms with Gasteiger partial charge in [-0.3, -0.25) is 4.98 Å². The van der Waals surface area contributed by atoms with E-state index >= 15 is 0 Å². The molecular weight excluding hydrogens is 248 g/mol. The minimum Gasteiger partial charge on any atom is -0.259 e. The van der Waals surface area contributed by atoms with Gasteiger partial charge in [-0.05, 0) is 17.7 Å². The third kappa shape index (κ3) is 3.38. The standard InChI is InChI=1S/C13H14N2O2S/c1-18(16,17)15-13(11-7-3-2-4-8-11)12-9-5-6-10-14-12/h2-10,13,15H,1H3/t13-/m1/s1. The van der Waals surface area contributed by atoms with Crippen molar-refractivity contribution in [3.63, 3.8) is 0 Å². The summed E-state index contributed by atoms with van der Waals surface area (Å²) in [5.41, 5.74) is 1.54. The van der Waals surface area contributed by atoms with E-state index in [9.17, 15) is 8.42 Å². The molecular formula is C13H14N2O2S. The van der Waals surface area contributed by atoms with E-state index in [4.69, 9.17) is 0 Å². The summed E-state index contributed by atoms with van der Waals surface area (Å²) in [6, 6.07) is 14.4. The molecule has 94 valence electrons. The van der Waals surface area contributed by atoms with Gasteiger partial charge < -0.3 is 0 Å². The summed E-state index contributed by atoms with van der Waals surface area (Å²) in [5.74, 6) is 0. The highest BCUT2D eigenvalue weighted by atomic mass is 32.2. The quantitative estimate of drug-likeness (QED) is 0.912. The fourth-order valence-electron chi connectivity index (χ4n) is 1.71. The summed E-state index contributed by atoms with van der Waals surface area (Å²) in [6.45, 7) is 0. The van der Waals surface area contributed by atoms with Crippen LogP contribution in [-0.2, 0) is 10.0 Å². The van der Waals surface area contributed by atoms with Gasteiger partial charge in [0.05, 0.1) is 18.0 Å². The number of rotatable bonds is 4. The van der Waals surface area contributed by atoms with Crippen LogP contribution in [0.25, 0.3) is 0 Å². The zero-order valence-electron chi connectivity index (χ0n) is 9.95. The van der Waals surface area contributed by atoms with Crippen molar-refractivity contribution in [1.82, 2.24) is 9.71 Å². The molecule has 0 bridgehead atoms. The highest BCUT2D eigenvalue weighted by Gasteiger charge is 2.18. The van der Waals surface area contributed by atoms with Gasteiger partial charge in [0.15, 0.2) is 0 Å². The van der Waals surface area contributed by atoms with Crippen LogP contribution in [0.2, 0.25) is 0 Å². The number of nitrogens with zero attached hydrogens (tertiary/aromatic N) is 1. The third-order valence-electron chi connectivity index (χ3n) is 2.45. The van der Waals surface area contributed by atoms with E-state index in [2.05, 4.69) is 9.71 Å². The smallest absolute Gasteiger partial charge is 0.209 e. The van der Waals surface area contributed by atoms with Crippen molar-refractivity contribution < 1.29 is 8.42 Å². The maximum absolute atomic E-state index is 11.4. The molecule has 4 nitrogen and oxygen atoms in total. The molecule has 0 amide bonds. The molecule has 0 aliphatic heterocycles. The first-order chi connectivity index (χ1) is 8.56. The molecule has 1 N–H and O–H groups in total. The molecule has 0 unspecified atom stereocenters. The minimum absolute atomic E-state index is 0.456. The minimum atomic E-state index is -3.31. The molecule has 0 fully saturated rings. The Morgan fingerprint density at radius 2 is 1.72 bits per heavy atom. The second-order valence-electron chi connectivity index (χ2n) is 3.99. The second kappa shape index (κ2) is 5.29. The average molecular weight is 262 g/mol. The van der Waals surface area contributed by atoms with Gasteiger partial charge in [-0.15, -0.1) is 0 Å². The third-order valence-corrected chi connectivity index (χ3v) is 3.11. The topological polar surface area (TPSA) is 59.1 Å². The highest BCUT2D eigenvalue weighted by molar-refractivity contribution is 7.88. The van der Waals surface area contributed by atoms with Gasteiger partial charge in [-0.1, -0.05) is 36.4 Å². The van der Waals surface area contributed by atoms with Crippen molar-refractivity contribution in [2.24, 2.45) is 0 Å². The second-order valence-corrected chi connectivity index (χ2v) is 5.77. The normalized spacial score (nSPS) is 13.2. The van der Waals surface area contributed by atoms with Gasteiger partial charge >= 0.3 is 0 Å². The van der Waals surface area contributed by atoms with Crippen LogP contribution in [0, 0.1) is 0 Å². The maximum atomic E-state index is 11.4. The predicted molar refractivity (Wildman–Crippen MR) is 70.5 cm³/mol. The molecule has 0 radical (unpaired) electrons. The van der Waals surface area contributed by atoms with Gasteiger partial charge in [0.1, 0.15) is 0 Å². The van der Waals surface area contributed by atoms with Gasteiger partial charge in [-0.2, -0.15) is 0 Å². The number of aromatic nitrogens is 1. The molecule has 0 saturated carbocycles. The van der Waals surface area contributed by atoms with Crippen LogP contribution in [0.5, 0.6) is 0 Å². The number of nitrogens with one attached hydrogen (secondary N) is 1. The van der Waals surface area contributed by atoms with Crippen molar-refractivity contribution in [3.05, 3.63) is 66.0 Å². The Hall–Kier alpha value is -1.72. The van der Waals surface area contributed by atoms with Gasteiger partial charge in [0, 0.05) is 6.20 Å².